The fourth-order valence-corrected chi connectivity index (χ4v) is 3.18. The second-order valence-electron chi connectivity index (χ2n) is 5.82. The van der Waals surface area contributed by atoms with E-state index in [4.69, 9.17) is 9.47 Å². The smallest absolute Gasteiger partial charge is 0.177 e. The van der Waals surface area contributed by atoms with Crippen LogP contribution in [0.25, 0.3) is 5.70 Å². The van der Waals surface area contributed by atoms with Gasteiger partial charge in [-0.2, -0.15) is 0 Å². The largest absolute Gasteiger partial charge is 0.378 e. The molecule has 2 fully saturated rings. The maximum absolute atomic E-state index is 12.5. The number of hydrogen-bond donors (Lipinski definition) is 0. The Morgan fingerprint density at radius 1 is 0.870 bits per heavy atom. The van der Waals surface area contributed by atoms with E-state index >= 15 is 0 Å². The second kappa shape index (κ2) is 7.62. The monoisotopic (exact) mass is 316 g/mol. The minimum absolute atomic E-state index is 0.109. The maximum atomic E-state index is 12.5. The third kappa shape index (κ3) is 3.74. The second-order valence-corrected chi connectivity index (χ2v) is 5.82. The van der Waals surface area contributed by atoms with E-state index < -0.39 is 0 Å². The van der Waals surface area contributed by atoms with Gasteiger partial charge in [-0.05, 0) is 0 Å². The molecular formula is C18H24N2O3. The molecule has 23 heavy (non-hydrogen) atoms. The summed E-state index contributed by atoms with van der Waals surface area (Å²) in [7, 11) is 0. The fraction of sp³-hybridized carbons (Fsp3) is 0.500. The molecule has 1 aromatic rings. The molecule has 2 heterocycles. The van der Waals surface area contributed by atoms with Gasteiger partial charge in [-0.1, -0.05) is 30.3 Å². The third-order valence-electron chi connectivity index (χ3n) is 4.26. The van der Waals surface area contributed by atoms with Gasteiger partial charge in [0, 0.05) is 38.7 Å². The molecule has 2 saturated heterocycles. The zero-order valence-corrected chi connectivity index (χ0v) is 13.7. The van der Waals surface area contributed by atoms with Gasteiger partial charge in [0.25, 0.3) is 0 Å². The number of hydrogen-bond acceptors (Lipinski definition) is 5. The van der Waals surface area contributed by atoms with Crippen LogP contribution in [-0.4, -0.2) is 68.2 Å². The molecule has 0 radical (unpaired) electrons. The topological polar surface area (TPSA) is 42.0 Å². The van der Waals surface area contributed by atoms with Crippen molar-refractivity contribution in [2.75, 3.05) is 52.6 Å². The summed E-state index contributed by atoms with van der Waals surface area (Å²) >= 11 is 0. The fourth-order valence-electron chi connectivity index (χ4n) is 3.18. The lowest BCUT2D eigenvalue weighted by atomic mass is 10.0. The van der Waals surface area contributed by atoms with Crippen LogP contribution in [0.15, 0.2) is 36.0 Å². The van der Waals surface area contributed by atoms with Crippen LogP contribution in [-0.2, 0) is 14.3 Å². The van der Waals surface area contributed by atoms with Gasteiger partial charge in [0.1, 0.15) is 5.70 Å². The first-order valence-corrected chi connectivity index (χ1v) is 8.23. The van der Waals surface area contributed by atoms with Gasteiger partial charge in [-0.25, -0.2) is 0 Å². The molecule has 5 heteroatoms. The number of Topliss-reactive ketones (excluding diaryl/α,β-unsaturated/α-hetero) is 1. The van der Waals surface area contributed by atoms with Crippen LogP contribution < -0.4 is 0 Å². The van der Waals surface area contributed by atoms with Crippen molar-refractivity contribution in [2.45, 2.75) is 6.92 Å². The molecule has 2 aliphatic rings. The Hall–Kier alpha value is -1.85. The first kappa shape index (κ1) is 16.0. The van der Waals surface area contributed by atoms with Crippen LogP contribution in [0.3, 0.4) is 0 Å². The lowest BCUT2D eigenvalue weighted by Gasteiger charge is -2.37. The number of ether oxygens (including phenoxy) is 2. The Morgan fingerprint density at radius 3 is 1.91 bits per heavy atom. The first-order valence-electron chi connectivity index (χ1n) is 8.23. The SMILES string of the molecule is CC(=O)/C(=C(\c1ccccc1)N1CCOCC1)N1CCOCC1. The van der Waals surface area contributed by atoms with Crippen molar-refractivity contribution in [2.24, 2.45) is 0 Å². The van der Waals surface area contributed by atoms with Gasteiger partial charge in [0.05, 0.1) is 32.1 Å². The van der Waals surface area contributed by atoms with E-state index in [1.54, 1.807) is 6.92 Å². The molecule has 0 aliphatic carbocycles. The number of nitrogens with zero attached hydrogens (tertiary/aromatic N) is 2. The van der Waals surface area contributed by atoms with E-state index in [9.17, 15) is 4.79 Å². The number of morpholine rings is 2. The number of ketones is 1. The molecule has 0 atom stereocenters. The molecule has 0 amide bonds. The summed E-state index contributed by atoms with van der Waals surface area (Å²) in [5.74, 6) is 0.109. The lowest BCUT2D eigenvalue weighted by molar-refractivity contribution is -0.115. The zero-order chi connectivity index (χ0) is 16.1. The molecule has 0 spiro atoms. The van der Waals surface area contributed by atoms with Crippen molar-refractivity contribution >= 4 is 11.5 Å². The van der Waals surface area contributed by atoms with Crippen LogP contribution in [0, 0.1) is 0 Å². The van der Waals surface area contributed by atoms with Crippen LogP contribution in [0.1, 0.15) is 12.5 Å². The van der Waals surface area contributed by atoms with Crippen molar-refractivity contribution in [3.8, 4) is 0 Å². The van der Waals surface area contributed by atoms with E-state index in [2.05, 4.69) is 21.9 Å². The molecule has 124 valence electrons. The molecule has 0 N–H and O–H groups in total. The number of carbonyl (C=O) groups is 1. The highest BCUT2D eigenvalue weighted by Crippen LogP contribution is 2.27. The van der Waals surface area contributed by atoms with Crippen molar-refractivity contribution in [1.82, 2.24) is 9.80 Å². The zero-order valence-electron chi connectivity index (χ0n) is 13.7. The summed E-state index contributed by atoms with van der Waals surface area (Å²) in [6, 6.07) is 10.2. The molecule has 0 saturated carbocycles. The average Bonchev–Trinajstić information content (AvgIpc) is 2.61. The highest BCUT2D eigenvalue weighted by molar-refractivity contribution is 6.00. The number of rotatable bonds is 4. The van der Waals surface area contributed by atoms with Crippen molar-refractivity contribution in [3.05, 3.63) is 41.6 Å². The molecule has 2 aliphatic heterocycles. The highest BCUT2D eigenvalue weighted by Gasteiger charge is 2.26. The average molecular weight is 316 g/mol. The number of allylic oxidation sites excluding steroid dienone is 1. The first-order chi connectivity index (χ1) is 11.3. The molecule has 3 rings (SSSR count). The van der Waals surface area contributed by atoms with Gasteiger partial charge >= 0.3 is 0 Å². The van der Waals surface area contributed by atoms with E-state index in [-0.39, 0.29) is 5.78 Å². The maximum Gasteiger partial charge on any atom is 0.177 e. The lowest BCUT2D eigenvalue weighted by Crippen LogP contribution is -2.42. The quantitative estimate of drug-likeness (QED) is 0.790. The molecule has 0 unspecified atom stereocenters. The molecular weight excluding hydrogens is 292 g/mol. The Bertz CT molecular complexity index is 559. The summed E-state index contributed by atoms with van der Waals surface area (Å²) in [5, 5.41) is 0. The standard InChI is InChI=1S/C18H24N2O3/c1-15(21)17(19-7-11-22-12-8-19)18(16-5-3-2-4-6-16)20-9-13-23-14-10-20/h2-6H,7-14H2,1H3/b18-17-. The molecule has 5 nitrogen and oxygen atoms in total. The molecule has 0 bridgehead atoms. The summed E-state index contributed by atoms with van der Waals surface area (Å²) in [4.78, 5) is 17.0. The van der Waals surface area contributed by atoms with Gasteiger partial charge in [-0.3, -0.25) is 4.79 Å². The van der Waals surface area contributed by atoms with Crippen LogP contribution in [0.5, 0.6) is 0 Å². The van der Waals surface area contributed by atoms with Crippen molar-refractivity contribution in [1.29, 1.82) is 0 Å². The Kier molecular flexibility index (Phi) is 5.31. The van der Waals surface area contributed by atoms with E-state index in [1.807, 2.05) is 18.2 Å². The van der Waals surface area contributed by atoms with Gasteiger partial charge in [-0.15, -0.1) is 0 Å². The van der Waals surface area contributed by atoms with Crippen LogP contribution >= 0.6 is 0 Å². The molecule has 0 aromatic heterocycles. The predicted octanol–water partition coefficient (Wildman–Crippen LogP) is 1.61. The van der Waals surface area contributed by atoms with Crippen LogP contribution in [0.4, 0.5) is 0 Å². The summed E-state index contributed by atoms with van der Waals surface area (Å²) in [5.41, 5.74) is 2.93. The van der Waals surface area contributed by atoms with Gasteiger partial charge in [0.2, 0.25) is 0 Å². The van der Waals surface area contributed by atoms with Crippen molar-refractivity contribution in [3.63, 3.8) is 0 Å². The Labute approximate surface area is 137 Å². The van der Waals surface area contributed by atoms with Gasteiger partial charge < -0.3 is 19.3 Å². The van der Waals surface area contributed by atoms with Crippen LogP contribution in [0.2, 0.25) is 0 Å². The summed E-state index contributed by atoms with van der Waals surface area (Å²) < 4.78 is 10.9. The number of benzene rings is 1. The highest BCUT2D eigenvalue weighted by atomic mass is 16.5. The third-order valence-corrected chi connectivity index (χ3v) is 4.26. The van der Waals surface area contributed by atoms with E-state index in [0.717, 1.165) is 43.1 Å². The predicted molar refractivity (Wildman–Crippen MR) is 88.8 cm³/mol. The Balaban J connectivity index is 2.06. The minimum atomic E-state index is 0.109. The molecule has 1 aromatic carbocycles. The number of carbonyl (C=O) groups excluding carboxylic acids is 1. The van der Waals surface area contributed by atoms with E-state index in [1.165, 1.54) is 0 Å². The summed E-state index contributed by atoms with van der Waals surface area (Å²) in [6.45, 7) is 7.54. The van der Waals surface area contributed by atoms with Gasteiger partial charge in [0.15, 0.2) is 5.78 Å². The Morgan fingerprint density at radius 2 is 1.39 bits per heavy atom. The normalized spacial score (nSPS) is 20.2. The minimum Gasteiger partial charge on any atom is -0.378 e. The van der Waals surface area contributed by atoms with Crippen molar-refractivity contribution < 1.29 is 14.3 Å². The summed E-state index contributed by atoms with van der Waals surface area (Å²) in [6.07, 6.45) is 0. The van der Waals surface area contributed by atoms with E-state index in [0.29, 0.717) is 26.4 Å².